The molecule has 4 N–H and O–H groups in total. The van der Waals surface area contributed by atoms with E-state index in [-0.39, 0.29) is 5.56 Å². The summed E-state index contributed by atoms with van der Waals surface area (Å²) in [6, 6.07) is 1.52. The Morgan fingerprint density at radius 3 is 3.13 bits per heavy atom. The minimum Gasteiger partial charge on any atom is -0.354 e. The SMILES string of the molecule is CCSCc1cc(=O)[nH]c(NCCN)n1. The van der Waals surface area contributed by atoms with E-state index in [2.05, 4.69) is 22.2 Å². The van der Waals surface area contributed by atoms with E-state index in [1.165, 1.54) is 6.07 Å². The van der Waals surface area contributed by atoms with Gasteiger partial charge in [-0.1, -0.05) is 6.92 Å². The van der Waals surface area contributed by atoms with E-state index >= 15 is 0 Å². The fourth-order valence-corrected chi connectivity index (χ4v) is 1.62. The Bertz CT molecular complexity index is 323. The first-order valence-electron chi connectivity index (χ1n) is 4.88. The van der Waals surface area contributed by atoms with Crippen LogP contribution in [0.25, 0.3) is 0 Å². The first-order valence-corrected chi connectivity index (χ1v) is 6.03. The minimum atomic E-state index is -0.128. The van der Waals surface area contributed by atoms with Gasteiger partial charge in [-0.25, -0.2) is 4.98 Å². The zero-order chi connectivity index (χ0) is 11.1. The second kappa shape index (κ2) is 6.47. The third kappa shape index (κ3) is 4.35. The van der Waals surface area contributed by atoms with Gasteiger partial charge >= 0.3 is 0 Å². The van der Waals surface area contributed by atoms with Crippen molar-refractivity contribution in [2.24, 2.45) is 5.73 Å². The molecular weight excluding hydrogens is 212 g/mol. The van der Waals surface area contributed by atoms with Crippen molar-refractivity contribution in [3.63, 3.8) is 0 Å². The molecule has 0 atom stereocenters. The number of H-pyrrole nitrogens is 1. The average molecular weight is 228 g/mol. The maximum Gasteiger partial charge on any atom is 0.252 e. The number of rotatable bonds is 6. The molecule has 0 saturated heterocycles. The molecule has 84 valence electrons. The summed E-state index contributed by atoms with van der Waals surface area (Å²) < 4.78 is 0. The molecule has 5 nitrogen and oxygen atoms in total. The minimum absolute atomic E-state index is 0.128. The molecule has 0 amide bonds. The van der Waals surface area contributed by atoms with Crippen molar-refractivity contribution in [1.82, 2.24) is 9.97 Å². The Labute approximate surface area is 92.9 Å². The Morgan fingerprint density at radius 1 is 1.67 bits per heavy atom. The standard InChI is InChI=1S/C9H16N4OS/c1-2-15-6-7-5-8(14)13-9(12-7)11-4-3-10/h5H,2-4,6,10H2,1H3,(H2,11,12,13,14). The largest absolute Gasteiger partial charge is 0.354 e. The van der Waals surface area contributed by atoms with Gasteiger partial charge in [-0.2, -0.15) is 11.8 Å². The Kier molecular flexibility index (Phi) is 5.20. The maximum atomic E-state index is 11.3. The summed E-state index contributed by atoms with van der Waals surface area (Å²) in [5, 5.41) is 2.95. The molecule has 1 heterocycles. The number of nitrogens with one attached hydrogen (secondary N) is 2. The van der Waals surface area contributed by atoms with E-state index in [4.69, 9.17) is 5.73 Å². The molecule has 0 radical (unpaired) electrons. The third-order valence-electron chi connectivity index (χ3n) is 1.69. The van der Waals surface area contributed by atoms with E-state index < -0.39 is 0 Å². The van der Waals surface area contributed by atoms with Crippen LogP contribution in [0.5, 0.6) is 0 Å². The van der Waals surface area contributed by atoms with Crippen molar-refractivity contribution in [1.29, 1.82) is 0 Å². The van der Waals surface area contributed by atoms with Gasteiger partial charge in [-0.15, -0.1) is 0 Å². The van der Waals surface area contributed by atoms with Gasteiger partial charge in [-0.05, 0) is 5.75 Å². The maximum absolute atomic E-state index is 11.3. The smallest absolute Gasteiger partial charge is 0.252 e. The summed E-state index contributed by atoms with van der Waals surface area (Å²) in [6.45, 7) is 3.19. The number of aromatic amines is 1. The Hall–Kier alpha value is -1.01. The average Bonchev–Trinajstić information content (AvgIpc) is 2.23. The van der Waals surface area contributed by atoms with Crippen LogP contribution in [0, 0.1) is 0 Å². The van der Waals surface area contributed by atoms with Crippen LogP contribution in [0.4, 0.5) is 5.95 Å². The molecule has 1 rings (SSSR count). The van der Waals surface area contributed by atoms with Crippen LogP contribution in [-0.2, 0) is 5.75 Å². The second-order valence-electron chi connectivity index (χ2n) is 2.94. The van der Waals surface area contributed by atoms with Crippen LogP contribution in [0.15, 0.2) is 10.9 Å². The fourth-order valence-electron chi connectivity index (χ4n) is 1.06. The lowest BCUT2D eigenvalue weighted by molar-refractivity contribution is 0.967. The van der Waals surface area contributed by atoms with Crippen molar-refractivity contribution >= 4 is 17.7 Å². The Balaban J connectivity index is 2.71. The quantitative estimate of drug-likeness (QED) is 0.656. The van der Waals surface area contributed by atoms with Crippen molar-refractivity contribution < 1.29 is 0 Å². The topological polar surface area (TPSA) is 83.8 Å². The monoisotopic (exact) mass is 228 g/mol. The van der Waals surface area contributed by atoms with Gasteiger partial charge in [0.25, 0.3) is 5.56 Å². The summed E-state index contributed by atoms with van der Waals surface area (Å²) in [5.74, 6) is 2.28. The van der Waals surface area contributed by atoms with E-state index in [1.807, 2.05) is 0 Å². The number of aromatic nitrogens is 2. The molecule has 1 aromatic rings. The molecule has 0 aromatic carbocycles. The molecular formula is C9H16N4OS. The molecule has 0 aliphatic rings. The van der Waals surface area contributed by atoms with Crippen molar-refractivity contribution in [2.75, 3.05) is 24.2 Å². The zero-order valence-corrected chi connectivity index (χ0v) is 9.56. The van der Waals surface area contributed by atoms with Crippen molar-refractivity contribution in [3.05, 3.63) is 22.1 Å². The van der Waals surface area contributed by atoms with Crippen LogP contribution in [0.3, 0.4) is 0 Å². The molecule has 0 aliphatic carbocycles. The third-order valence-corrected chi connectivity index (χ3v) is 2.59. The molecule has 0 spiro atoms. The summed E-state index contributed by atoms with van der Waals surface area (Å²) in [5.41, 5.74) is 6.01. The van der Waals surface area contributed by atoms with Gasteiger partial charge in [-0.3, -0.25) is 9.78 Å². The van der Waals surface area contributed by atoms with Gasteiger partial charge in [0, 0.05) is 24.9 Å². The van der Waals surface area contributed by atoms with Gasteiger partial charge in [0.15, 0.2) is 0 Å². The number of thioether (sulfide) groups is 1. The first-order chi connectivity index (χ1) is 7.26. The van der Waals surface area contributed by atoms with E-state index in [0.717, 1.165) is 17.2 Å². The molecule has 15 heavy (non-hydrogen) atoms. The molecule has 6 heteroatoms. The highest BCUT2D eigenvalue weighted by Gasteiger charge is 2.00. The highest BCUT2D eigenvalue weighted by atomic mass is 32.2. The summed E-state index contributed by atoms with van der Waals surface area (Å²) >= 11 is 1.73. The van der Waals surface area contributed by atoms with Crippen LogP contribution in [0.2, 0.25) is 0 Å². The summed E-state index contributed by atoms with van der Waals surface area (Å²) in [7, 11) is 0. The fraction of sp³-hybridized carbons (Fsp3) is 0.556. The van der Waals surface area contributed by atoms with Crippen LogP contribution >= 0.6 is 11.8 Å². The molecule has 0 aliphatic heterocycles. The summed E-state index contributed by atoms with van der Waals surface area (Å²) in [4.78, 5) is 18.1. The van der Waals surface area contributed by atoms with Crippen LogP contribution in [-0.4, -0.2) is 28.8 Å². The zero-order valence-electron chi connectivity index (χ0n) is 8.75. The predicted octanol–water partition coefficient (Wildman–Crippen LogP) is 0.394. The highest BCUT2D eigenvalue weighted by molar-refractivity contribution is 7.98. The molecule has 0 bridgehead atoms. The summed E-state index contributed by atoms with van der Waals surface area (Å²) in [6.07, 6.45) is 0. The molecule has 0 fully saturated rings. The second-order valence-corrected chi connectivity index (χ2v) is 4.21. The lowest BCUT2D eigenvalue weighted by Gasteiger charge is -2.05. The van der Waals surface area contributed by atoms with Crippen molar-refractivity contribution in [2.45, 2.75) is 12.7 Å². The molecule has 0 unspecified atom stereocenters. The molecule has 0 saturated carbocycles. The van der Waals surface area contributed by atoms with Gasteiger partial charge < -0.3 is 11.1 Å². The van der Waals surface area contributed by atoms with Gasteiger partial charge in [0.05, 0.1) is 5.69 Å². The van der Waals surface area contributed by atoms with E-state index in [1.54, 1.807) is 11.8 Å². The van der Waals surface area contributed by atoms with Crippen molar-refractivity contribution in [3.8, 4) is 0 Å². The number of nitrogens with zero attached hydrogens (tertiary/aromatic N) is 1. The predicted molar refractivity (Wildman–Crippen MR) is 64.2 cm³/mol. The lowest BCUT2D eigenvalue weighted by Crippen LogP contribution is -2.18. The highest BCUT2D eigenvalue weighted by Crippen LogP contribution is 2.08. The normalized spacial score (nSPS) is 10.3. The number of anilines is 1. The number of hydrogen-bond acceptors (Lipinski definition) is 5. The van der Waals surface area contributed by atoms with E-state index in [0.29, 0.717) is 19.0 Å². The van der Waals surface area contributed by atoms with Gasteiger partial charge in [0.1, 0.15) is 0 Å². The first kappa shape index (κ1) is 12.1. The number of nitrogens with two attached hydrogens (primary N) is 1. The van der Waals surface area contributed by atoms with Gasteiger partial charge in [0.2, 0.25) is 5.95 Å². The number of hydrogen-bond donors (Lipinski definition) is 3. The van der Waals surface area contributed by atoms with Crippen LogP contribution in [0.1, 0.15) is 12.6 Å². The van der Waals surface area contributed by atoms with Crippen LogP contribution < -0.4 is 16.6 Å². The molecule has 1 aromatic heterocycles. The Morgan fingerprint density at radius 2 is 2.47 bits per heavy atom. The van der Waals surface area contributed by atoms with E-state index in [9.17, 15) is 4.79 Å². The lowest BCUT2D eigenvalue weighted by atomic mass is 10.4.